The van der Waals surface area contributed by atoms with E-state index >= 15 is 0 Å². The van der Waals surface area contributed by atoms with Crippen molar-refractivity contribution >= 4 is 28.2 Å². The van der Waals surface area contributed by atoms with Gasteiger partial charge in [0.2, 0.25) is 5.88 Å². The largest absolute Gasteiger partial charge is 0.497 e. The summed E-state index contributed by atoms with van der Waals surface area (Å²) in [5.41, 5.74) is 3.43. The predicted octanol–water partition coefficient (Wildman–Crippen LogP) is 3.64. The van der Waals surface area contributed by atoms with Crippen LogP contribution in [-0.2, 0) is 7.05 Å². The molecule has 164 valence electrons. The Hall–Kier alpha value is -3.52. The van der Waals surface area contributed by atoms with Gasteiger partial charge in [-0.2, -0.15) is 5.10 Å². The maximum atomic E-state index is 11.7. The summed E-state index contributed by atoms with van der Waals surface area (Å²) < 4.78 is 13.7. The Kier molecular flexibility index (Phi) is 5.22. The van der Waals surface area contributed by atoms with E-state index in [1.165, 1.54) is 0 Å². The number of methoxy groups -OCH3 is 1. The van der Waals surface area contributed by atoms with Crippen LogP contribution in [-0.4, -0.2) is 46.1 Å². The van der Waals surface area contributed by atoms with Crippen molar-refractivity contribution in [2.45, 2.75) is 12.5 Å². The SMILES string of the molecule is COc1ccc2c(c1)cc(-c1ccnc(O[C@@H]3CCN(c4cn[nH]c(=O)c4Cl)C3)c1)n2C. The Labute approximate surface area is 189 Å². The van der Waals surface area contributed by atoms with Crippen LogP contribution in [0.3, 0.4) is 0 Å². The Bertz CT molecular complexity index is 1350. The lowest BCUT2D eigenvalue weighted by Crippen LogP contribution is -2.26. The number of hydrogen-bond donors (Lipinski definition) is 1. The van der Waals surface area contributed by atoms with Crippen LogP contribution in [0.25, 0.3) is 22.2 Å². The summed E-state index contributed by atoms with van der Waals surface area (Å²) in [7, 11) is 3.71. The van der Waals surface area contributed by atoms with Crippen molar-refractivity contribution in [3.8, 4) is 22.9 Å². The molecule has 1 aliphatic heterocycles. The number of aromatic nitrogens is 4. The van der Waals surface area contributed by atoms with Crippen LogP contribution < -0.4 is 19.9 Å². The zero-order valence-corrected chi connectivity index (χ0v) is 18.5. The number of aromatic amines is 1. The van der Waals surface area contributed by atoms with Gasteiger partial charge >= 0.3 is 0 Å². The van der Waals surface area contributed by atoms with E-state index in [0.29, 0.717) is 18.1 Å². The highest BCUT2D eigenvalue weighted by molar-refractivity contribution is 6.33. The second-order valence-corrected chi connectivity index (χ2v) is 8.15. The van der Waals surface area contributed by atoms with Gasteiger partial charge in [-0.3, -0.25) is 4.79 Å². The number of nitrogens with one attached hydrogen (secondary N) is 1. The van der Waals surface area contributed by atoms with Gasteiger partial charge < -0.3 is 18.9 Å². The number of nitrogens with zero attached hydrogens (tertiary/aromatic N) is 4. The molecule has 5 rings (SSSR count). The van der Waals surface area contributed by atoms with Gasteiger partial charge in [-0.1, -0.05) is 11.6 Å². The average molecular weight is 452 g/mol. The van der Waals surface area contributed by atoms with E-state index in [9.17, 15) is 4.79 Å². The van der Waals surface area contributed by atoms with Crippen molar-refractivity contribution in [2.24, 2.45) is 7.05 Å². The average Bonchev–Trinajstić information content (AvgIpc) is 3.40. The van der Waals surface area contributed by atoms with Gasteiger partial charge in [0, 0.05) is 54.4 Å². The lowest BCUT2D eigenvalue weighted by atomic mass is 10.2. The fourth-order valence-electron chi connectivity index (χ4n) is 4.17. The molecule has 4 heterocycles. The molecule has 1 N–H and O–H groups in total. The van der Waals surface area contributed by atoms with E-state index in [2.05, 4.69) is 31.9 Å². The van der Waals surface area contributed by atoms with E-state index in [0.717, 1.165) is 40.9 Å². The number of hydrogen-bond acceptors (Lipinski definition) is 6. The summed E-state index contributed by atoms with van der Waals surface area (Å²) in [5.74, 6) is 1.39. The summed E-state index contributed by atoms with van der Waals surface area (Å²) in [5, 5.41) is 7.45. The highest BCUT2D eigenvalue weighted by Crippen LogP contribution is 2.31. The van der Waals surface area contributed by atoms with E-state index in [-0.39, 0.29) is 11.1 Å². The molecule has 0 saturated carbocycles. The zero-order chi connectivity index (χ0) is 22.2. The number of benzene rings is 1. The van der Waals surface area contributed by atoms with Crippen LogP contribution >= 0.6 is 11.6 Å². The minimum atomic E-state index is -0.393. The van der Waals surface area contributed by atoms with Crippen molar-refractivity contribution < 1.29 is 9.47 Å². The van der Waals surface area contributed by atoms with Gasteiger partial charge in [-0.05, 0) is 30.3 Å². The van der Waals surface area contributed by atoms with Crippen LogP contribution in [0, 0.1) is 0 Å². The summed E-state index contributed by atoms with van der Waals surface area (Å²) in [6, 6.07) is 12.1. The molecule has 3 aromatic heterocycles. The van der Waals surface area contributed by atoms with Gasteiger partial charge in [0.05, 0.1) is 25.5 Å². The van der Waals surface area contributed by atoms with Crippen LogP contribution in [0.2, 0.25) is 5.02 Å². The summed E-state index contributed by atoms with van der Waals surface area (Å²) in [6.45, 7) is 1.32. The smallest absolute Gasteiger partial charge is 0.285 e. The second kappa shape index (κ2) is 8.20. The minimum absolute atomic E-state index is 0.0650. The monoisotopic (exact) mass is 451 g/mol. The van der Waals surface area contributed by atoms with Crippen molar-refractivity contribution in [1.82, 2.24) is 19.7 Å². The third-order valence-corrected chi connectivity index (χ3v) is 6.20. The van der Waals surface area contributed by atoms with Gasteiger partial charge in [0.1, 0.15) is 16.9 Å². The molecule has 0 bridgehead atoms. The number of ether oxygens (including phenoxy) is 2. The van der Waals surface area contributed by atoms with Crippen LogP contribution in [0.15, 0.2) is 53.6 Å². The third kappa shape index (κ3) is 3.67. The summed E-state index contributed by atoms with van der Waals surface area (Å²) in [4.78, 5) is 18.2. The van der Waals surface area contributed by atoms with Crippen molar-refractivity contribution in [3.05, 3.63) is 64.2 Å². The number of rotatable bonds is 5. The highest BCUT2D eigenvalue weighted by atomic mass is 35.5. The summed E-state index contributed by atoms with van der Waals surface area (Å²) >= 11 is 6.15. The number of H-pyrrole nitrogens is 1. The third-order valence-electron chi connectivity index (χ3n) is 5.83. The quantitative estimate of drug-likeness (QED) is 0.498. The first-order valence-electron chi connectivity index (χ1n) is 10.3. The van der Waals surface area contributed by atoms with E-state index < -0.39 is 5.56 Å². The molecular formula is C23H22ClN5O3. The molecule has 0 aliphatic carbocycles. The first-order valence-corrected chi connectivity index (χ1v) is 10.7. The molecular weight excluding hydrogens is 430 g/mol. The van der Waals surface area contributed by atoms with E-state index in [1.54, 1.807) is 19.5 Å². The predicted molar refractivity (Wildman–Crippen MR) is 124 cm³/mol. The number of halogens is 1. The molecule has 8 nitrogen and oxygen atoms in total. The van der Waals surface area contributed by atoms with Crippen molar-refractivity contribution in [2.75, 3.05) is 25.1 Å². The number of fused-ring (bicyclic) bond motifs is 1. The fraction of sp³-hybridized carbons (Fsp3) is 0.261. The number of anilines is 1. The molecule has 0 unspecified atom stereocenters. The molecule has 32 heavy (non-hydrogen) atoms. The zero-order valence-electron chi connectivity index (χ0n) is 17.7. The molecule has 0 radical (unpaired) electrons. The van der Waals surface area contributed by atoms with Crippen LogP contribution in [0.1, 0.15) is 6.42 Å². The number of pyridine rings is 1. The Morgan fingerprint density at radius 2 is 2.09 bits per heavy atom. The maximum absolute atomic E-state index is 11.7. The maximum Gasteiger partial charge on any atom is 0.285 e. The first kappa shape index (κ1) is 20.4. The Morgan fingerprint density at radius 1 is 1.22 bits per heavy atom. The standard InChI is InChI=1S/C23H22ClN5O3/c1-28-18-4-3-16(31-2)9-15(18)10-19(28)14-5-7-25-21(11-14)32-17-6-8-29(13-17)20-12-26-27-23(30)22(20)24/h3-5,7,9-12,17H,6,8,13H2,1-2H3,(H,27,30)/t17-/m1/s1. The Balaban J connectivity index is 1.36. The molecule has 1 aliphatic rings. The molecule has 1 fully saturated rings. The van der Waals surface area contributed by atoms with Gasteiger partial charge in [0.25, 0.3) is 5.56 Å². The lowest BCUT2D eigenvalue weighted by molar-refractivity contribution is 0.216. The summed E-state index contributed by atoms with van der Waals surface area (Å²) in [6.07, 6.45) is 4.06. The fourth-order valence-corrected chi connectivity index (χ4v) is 4.38. The first-order chi connectivity index (χ1) is 15.5. The molecule has 1 saturated heterocycles. The van der Waals surface area contributed by atoms with Crippen molar-refractivity contribution in [3.63, 3.8) is 0 Å². The normalized spacial score (nSPS) is 16.0. The van der Waals surface area contributed by atoms with E-state index in [1.807, 2.05) is 36.2 Å². The van der Waals surface area contributed by atoms with Gasteiger partial charge in [-0.25, -0.2) is 10.1 Å². The molecule has 0 spiro atoms. The van der Waals surface area contributed by atoms with Crippen molar-refractivity contribution in [1.29, 1.82) is 0 Å². The molecule has 1 atom stereocenters. The Morgan fingerprint density at radius 3 is 2.94 bits per heavy atom. The van der Waals surface area contributed by atoms with Gasteiger partial charge in [-0.15, -0.1) is 0 Å². The second-order valence-electron chi connectivity index (χ2n) is 7.77. The van der Waals surface area contributed by atoms with E-state index in [4.69, 9.17) is 21.1 Å². The topological polar surface area (TPSA) is 85.3 Å². The van der Waals surface area contributed by atoms with Crippen LogP contribution in [0.4, 0.5) is 5.69 Å². The highest BCUT2D eigenvalue weighted by Gasteiger charge is 2.27. The molecule has 0 amide bonds. The number of aryl methyl sites for hydroxylation is 1. The molecule has 9 heteroatoms. The lowest BCUT2D eigenvalue weighted by Gasteiger charge is -2.19. The van der Waals surface area contributed by atoms with Crippen LogP contribution in [0.5, 0.6) is 11.6 Å². The van der Waals surface area contributed by atoms with Gasteiger partial charge in [0.15, 0.2) is 0 Å². The minimum Gasteiger partial charge on any atom is -0.497 e. The molecule has 4 aromatic rings. The molecule has 1 aromatic carbocycles.